The summed E-state index contributed by atoms with van der Waals surface area (Å²) in [5.41, 5.74) is 2.52. The van der Waals surface area contributed by atoms with Crippen molar-refractivity contribution in [1.82, 2.24) is 5.32 Å². The summed E-state index contributed by atoms with van der Waals surface area (Å²) in [6.07, 6.45) is 2.11. The van der Waals surface area contributed by atoms with Crippen molar-refractivity contribution in [2.45, 2.75) is 32.7 Å². The fourth-order valence-electron chi connectivity index (χ4n) is 1.79. The zero-order valence-electron chi connectivity index (χ0n) is 10.4. The maximum Gasteiger partial charge on any atom is 0.137 e. The Morgan fingerprint density at radius 2 is 2.12 bits per heavy atom. The van der Waals surface area contributed by atoms with E-state index < -0.39 is 0 Å². The minimum Gasteiger partial charge on any atom is -0.495 e. The van der Waals surface area contributed by atoms with Crippen LogP contribution >= 0.6 is 11.6 Å². The van der Waals surface area contributed by atoms with Crippen LogP contribution in [0.1, 0.15) is 24.5 Å². The van der Waals surface area contributed by atoms with Gasteiger partial charge in [-0.05, 0) is 50.1 Å². The van der Waals surface area contributed by atoms with Gasteiger partial charge < -0.3 is 10.1 Å². The van der Waals surface area contributed by atoms with Crippen molar-refractivity contribution >= 4 is 11.6 Å². The Kier molecular flexibility index (Phi) is 5.10. The van der Waals surface area contributed by atoms with Crippen LogP contribution in [0.25, 0.3) is 0 Å². The molecule has 0 aliphatic carbocycles. The van der Waals surface area contributed by atoms with E-state index in [2.05, 4.69) is 19.2 Å². The lowest BCUT2D eigenvalue weighted by Crippen LogP contribution is -2.26. The third-order valence-electron chi connectivity index (χ3n) is 2.98. The van der Waals surface area contributed by atoms with Crippen molar-refractivity contribution in [2.75, 3.05) is 14.2 Å². The normalized spacial score (nSPS) is 12.6. The van der Waals surface area contributed by atoms with Crippen LogP contribution in [0, 0.1) is 6.92 Å². The highest BCUT2D eigenvalue weighted by molar-refractivity contribution is 6.32. The molecule has 1 rings (SSSR count). The maximum atomic E-state index is 6.13. The van der Waals surface area contributed by atoms with Crippen LogP contribution in [0.4, 0.5) is 0 Å². The zero-order valence-corrected chi connectivity index (χ0v) is 11.2. The van der Waals surface area contributed by atoms with Gasteiger partial charge in [-0.1, -0.05) is 18.5 Å². The van der Waals surface area contributed by atoms with E-state index in [0.29, 0.717) is 11.1 Å². The lowest BCUT2D eigenvalue weighted by Gasteiger charge is -2.16. The highest BCUT2D eigenvalue weighted by Crippen LogP contribution is 2.28. The van der Waals surface area contributed by atoms with E-state index >= 15 is 0 Å². The summed E-state index contributed by atoms with van der Waals surface area (Å²) in [5.74, 6) is 0.750. The predicted molar refractivity (Wildman–Crippen MR) is 69.6 cm³/mol. The average molecular weight is 242 g/mol. The Hall–Kier alpha value is -0.730. The standard InChI is InChI=1S/C13H20ClNO/c1-5-11(15-3)7-10-8-12(14)13(16-4)6-9(10)2/h6,8,11,15H,5,7H2,1-4H3. The molecule has 0 aliphatic heterocycles. The number of halogens is 1. The quantitative estimate of drug-likeness (QED) is 0.855. The number of ether oxygens (including phenoxy) is 1. The Morgan fingerprint density at radius 3 is 2.62 bits per heavy atom. The van der Waals surface area contributed by atoms with Gasteiger partial charge in [0.05, 0.1) is 12.1 Å². The molecule has 0 aliphatic rings. The highest BCUT2D eigenvalue weighted by atomic mass is 35.5. The maximum absolute atomic E-state index is 6.13. The van der Waals surface area contributed by atoms with Gasteiger partial charge in [-0.25, -0.2) is 0 Å². The van der Waals surface area contributed by atoms with Crippen LogP contribution in [-0.4, -0.2) is 20.2 Å². The molecule has 1 atom stereocenters. The minimum atomic E-state index is 0.503. The van der Waals surface area contributed by atoms with Gasteiger partial charge in [0.1, 0.15) is 5.75 Å². The van der Waals surface area contributed by atoms with E-state index in [-0.39, 0.29) is 0 Å². The van der Waals surface area contributed by atoms with E-state index in [9.17, 15) is 0 Å². The molecule has 0 radical (unpaired) electrons. The van der Waals surface area contributed by atoms with E-state index in [1.54, 1.807) is 7.11 Å². The van der Waals surface area contributed by atoms with Gasteiger partial charge in [0.25, 0.3) is 0 Å². The van der Waals surface area contributed by atoms with Gasteiger partial charge in [0.15, 0.2) is 0 Å². The first-order valence-corrected chi connectivity index (χ1v) is 6.00. The molecule has 2 nitrogen and oxygen atoms in total. The molecular weight excluding hydrogens is 222 g/mol. The van der Waals surface area contributed by atoms with Crippen molar-refractivity contribution in [3.63, 3.8) is 0 Å². The van der Waals surface area contributed by atoms with Gasteiger partial charge in [-0.3, -0.25) is 0 Å². The summed E-state index contributed by atoms with van der Waals surface area (Å²) >= 11 is 6.13. The summed E-state index contributed by atoms with van der Waals surface area (Å²) in [4.78, 5) is 0. The number of benzene rings is 1. The summed E-state index contributed by atoms with van der Waals surface area (Å²) in [7, 11) is 3.64. The monoisotopic (exact) mass is 241 g/mol. The number of nitrogens with one attached hydrogen (secondary N) is 1. The number of likely N-dealkylation sites (N-methyl/N-ethyl adjacent to an activating group) is 1. The molecule has 16 heavy (non-hydrogen) atoms. The third kappa shape index (κ3) is 3.13. The summed E-state index contributed by atoms with van der Waals surface area (Å²) in [6.45, 7) is 4.28. The molecule has 0 bridgehead atoms. The number of hydrogen-bond acceptors (Lipinski definition) is 2. The Morgan fingerprint density at radius 1 is 1.44 bits per heavy atom. The van der Waals surface area contributed by atoms with Crippen LogP contribution in [0.2, 0.25) is 5.02 Å². The molecule has 0 saturated heterocycles. The zero-order chi connectivity index (χ0) is 12.1. The molecule has 1 unspecified atom stereocenters. The van der Waals surface area contributed by atoms with Crippen molar-refractivity contribution in [2.24, 2.45) is 0 Å². The topological polar surface area (TPSA) is 21.3 Å². The van der Waals surface area contributed by atoms with Crippen LogP contribution < -0.4 is 10.1 Å². The van der Waals surface area contributed by atoms with Gasteiger partial charge in [-0.2, -0.15) is 0 Å². The molecule has 3 heteroatoms. The molecule has 0 amide bonds. The molecule has 0 saturated carbocycles. The fourth-order valence-corrected chi connectivity index (χ4v) is 2.05. The minimum absolute atomic E-state index is 0.503. The Bertz CT molecular complexity index is 348. The number of rotatable bonds is 5. The molecule has 1 N–H and O–H groups in total. The highest BCUT2D eigenvalue weighted by Gasteiger charge is 2.10. The first-order valence-electron chi connectivity index (χ1n) is 5.62. The number of hydrogen-bond donors (Lipinski definition) is 1. The molecule has 1 aromatic rings. The van der Waals surface area contributed by atoms with Crippen LogP contribution in [0.3, 0.4) is 0 Å². The number of aryl methyl sites for hydroxylation is 1. The van der Waals surface area contributed by atoms with E-state index in [1.807, 2.05) is 19.2 Å². The van der Waals surface area contributed by atoms with E-state index in [4.69, 9.17) is 16.3 Å². The second-order valence-corrected chi connectivity index (χ2v) is 4.42. The van der Waals surface area contributed by atoms with E-state index in [1.165, 1.54) is 11.1 Å². The molecule has 0 spiro atoms. The Balaban J connectivity index is 2.92. The second-order valence-electron chi connectivity index (χ2n) is 4.01. The Labute approximate surface area is 103 Å². The summed E-state index contributed by atoms with van der Waals surface area (Å²) < 4.78 is 5.19. The molecule has 1 aromatic carbocycles. The van der Waals surface area contributed by atoms with Crippen LogP contribution in [0.15, 0.2) is 12.1 Å². The van der Waals surface area contributed by atoms with Gasteiger partial charge >= 0.3 is 0 Å². The molecule has 90 valence electrons. The number of methoxy groups -OCH3 is 1. The second kappa shape index (κ2) is 6.12. The van der Waals surface area contributed by atoms with Gasteiger partial charge in [0, 0.05) is 6.04 Å². The van der Waals surface area contributed by atoms with Crippen molar-refractivity contribution in [1.29, 1.82) is 0 Å². The van der Waals surface area contributed by atoms with Crippen molar-refractivity contribution in [3.8, 4) is 5.75 Å². The first kappa shape index (κ1) is 13.3. The van der Waals surface area contributed by atoms with Crippen molar-refractivity contribution < 1.29 is 4.74 Å². The molecular formula is C13H20ClNO. The van der Waals surface area contributed by atoms with Crippen molar-refractivity contribution in [3.05, 3.63) is 28.3 Å². The van der Waals surface area contributed by atoms with E-state index in [0.717, 1.165) is 18.6 Å². The average Bonchev–Trinajstić information content (AvgIpc) is 2.29. The smallest absolute Gasteiger partial charge is 0.137 e. The predicted octanol–water partition coefficient (Wildman–Crippen LogP) is 3.20. The van der Waals surface area contributed by atoms with Gasteiger partial charge in [-0.15, -0.1) is 0 Å². The summed E-state index contributed by atoms with van der Waals surface area (Å²) in [5, 5.41) is 3.99. The SMILES string of the molecule is CCC(Cc1cc(Cl)c(OC)cc1C)NC. The molecule has 0 aromatic heterocycles. The molecule has 0 fully saturated rings. The van der Waals surface area contributed by atoms with Crippen LogP contribution in [0.5, 0.6) is 5.75 Å². The summed E-state index contributed by atoms with van der Waals surface area (Å²) in [6, 6.07) is 4.51. The van der Waals surface area contributed by atoms with Crippen LogP contribution in [-0.2, 0) is 6.42 Å². The van der Waals surface area contributed by atoms with Gasteiger partial charge in [0.2, 0.25) is 0 Å². The largest absolute Gasteiger partial charge is 0.495 e. The molecule has 0 heterocycles. The first-order chi connectivity index (χ1) is 7.62. The third-order valence-corrected chi connectivity index (χ3v) is 3.27. The fraction of sp³-hybridized carbons (Fsp3) is 0.538. The lowest BCUT2D eigenvalue weighted by atomic mass is 9.99. The lowest BCUT2D eigenvalue weighted by molar-refractivity contribution is 0.414.